The Morgan fingerprint density at radius 3 is 2.73 bits per heavy atom. The highest BCUT2D eigenvalue weighted by atomic mass is 79.9. The molecule has 2 heterocycles. The van der Waals surface area contributed by atoms with E-state index < -0.39 is 0 Å². The fourth-order valence-electron chi connectivity index (χ4n) is 3.11. The molecule has 0 atom stereocenters. The Morgan fingerprint density at radius 1 is 1.10 bits per heavy atom. The summed E-state index contributed by atoms with van der Waals surface area (Å²) in [5.74, 6) is 0.0445. The normalized spacial score (nSPS) is 10.9. The maximum atomic E-state index is 12.9. The predicted molar refractivity (Wildman–Crippen MR) is 117 cm³/mol. The lowest BCUT2D eigenvalue weighted by atomic mass is 10.1. The number of H-pyrrole nitrogens is 2. The molecule has 0 unspecified atom stereocenters. The zero-order valence-corrected chi connectivity index (χ0v) is 17.6. The van der Waals surface area contributed by atoms with Crippen molar-refractivity contribution in [1.82, 2.24) is 25.6 Å². The Bertz CT molecular complexity index is 1220. The number of amides is 2. The van der Waals surface area contributed by atoms with Gasteiger partial charge in [-0.3, -0.25) is 9.59 Å². The van der Waals surface area contributed by atoms with Crippen LogP contribution in [-0.4, -0.2) is 37.4 Å². The predicted octanol–water partition coefficient (Wildman–Crippen LogP) is 4.10. The van der Waals surface area contributed by atoms with Gasteiger partial charge in [-0.25, -0.2) is 5.10 Å². The Kier molecular flexibility index (Phi) is 5.57. The molecule has 0 aliphatic heterocycles. The van der Waals surface area contributed by atoms with Gasteiger partial charge in [0.25, 0.3) is 5.91 Å². The summed E-state index contributed by atoms with van der Waals surface area (Å²) in [6, 6.07) is 12.7. The number of nitrogens with one attached hydrogen (secondary N) is 4. The van der Waals surface area contributed by atoms with Crippen LogP contribution in [0, 0.1) is 0 Å². The molecule has 4 aromatic rings. The molecule has 0 aliphatic carbocycles. The number of carbonyl (C=O) groups excluding carboxylic acids is 2. The number of hydrogen-bond donors (Lipinski definition) is 4. The molecule has 9 nitrogen and oxygen atoms in total. The van der Waals surface area contributed by atoms with E-state index in [4.69, 9.17) is 0 Å². The van der Waals surface area contributed by atoms with E-state index in [0.717, 1.165) is 16.3 Å². The monoisotopic (exact) mass is 467 g/mol. The molecule has 0 aliphatic rings. The number of rotatable bonds is 6. The van der Waals surface area contributed by atoms with Crippen molar-refractivity contribution in [2.75, 3.05) is 10.6 Å². The minimum Gasteiger partial charge on any atom is -0.349 e. The van der Waals surface area contributed by atoms with E-state index in [1.54, 1.807) is 18.2 Å². The summed E-state index contributed by atoms with van der Waals surface area (Å²) in [6.07, 6.45) is 1.20. The number of carbonyl (C=O) groups is 2. The van der Waals surface area contributed by atoms with E-state index in [9.17, 15) is 9.59 Å². The molecule has 10 heteroatoms. The third-order valence-electron chi connectivity index (χ3n) is 4.48. The van der Waals surface area contributed by atoms with Gasteiger partial charge in [0.15, 0.2) is 5.82 Å². The van der Waals surface area contributed by atoms with Crippen molar-refractivity contribution < 1.29 is 9.59 Å². The highest BCUT2D eigenvalue weighted by Gasteiger charge is 2.16. The second-order valence-electron chi connectivity index (χ2n) is 6.64. The van der Waals surface area contributed by atoms with Crippen molar-refractivity contribution in [2.24, 2.45) is 0 Å². The molecule has 30 heavy (non-hydrogen) atoms. The maximum Gasteiger partial charge on any atom is 0.272 e. The lowest BCUT2D eigenvalue weighted by molar-refractivity contribution is -0.116. The molecule has 2 aromatic heterocycles. The first-order valence-electron chi connectivity index (χ1n) is 9.31. The molecule has 2 amide bonds. The molecule has 0 saturated carbocycles. The first-order chi connectivity index (χ1) is 14.5. The summed E-state index contributed by atoms with van der Waals surface area (Å²) >= 11 is 3.42. The summed E-state index contributed by atoms with van der Waals surface area (Å²) < 4.78 is 0.824. The van der Waals surface area contributed by atoms with Crippen molar-refractivity contribution in [2.45, 2.75) is 19.8 Å². The summed E-state index contributed by atoms with van der Waals surface area (Å²) in [4.78, 5) is 28.0. The summed E-state index contributed by atoms with van der Waals surface area (Å²) in [7, 11) is 0. The molecule has 4 rings (SSSR count). The molecular formula is C20H18BrN7O2. The topological polar surface area (TPSA) is 128 Å². The number of para-hydroxylation sites is 1. The zero-order valence-electron chi connectivity index (χ0n) is 16.0. The minimum absolute atomic E-state index is 0.0641. The number of aromatic nitrogens is 5. The molecule has 4 N–H and O–H groups in total. The third kappa shape index (κ3) is 4.08. The number of halogens is 1. The number of benzene rings is 2. The van der Waals surface area contributed by atoms with Gasteiger partial charge in [-0.2, -0.15) is 0 Å². The van der Waals surface area contributed by atoms with E-state index in [0.29, 0.717) is 40.4 Å². The SMILES string of the molecule is CCCC(=O)Nc1cccc2cc(C(=O)Nc3ccc(Br)cc3-c3nnn[nH]3)[nH]c12. The van der Waals surface area contributed by atoms with Crippen LogP contribution < -0.4 is 10.6 Å². The zero-order chi connectivity index (χ0) is 21.1. The number of hydrogen-bond acceptors (Lipinski definition) is 5. The van der Waals surface area contributed by atoms with Gasteiger partial charge in [-0.1, -0.05) is 35.0 Å². The Balaban J connectivity index is 1.63. The average molecular weight is 468 g/mol. The molecular weight excluding hydrogens is 450 g/mol. The lowest BCUT2D eigenvalue weighted by Gasteiger charge is -2.09. The van der Waals surface area contributed by atoms with E-state index in [-0.39, 0.29) is 11.8 Å². The molecule has 0 bridgehead atoms. The fraction of sp³-hybridized carbons (Fsp3) is 0.150. The van der Waals surface area contributed by atoms with Crippen LogP contribution in [0.4, 0.5) is 11.4 Å². The standard InChI is InChI=1S/C20H18BrN7O2/c1-2-4-17(29)22-15-6-3-5-11-9-16(23-18(11)15)20(30)24-14-8-7-12(21)10-13(14)19-25-27-28-26-19/h3,5-10,23H,2,4H2,1H3,(H,22,29)(H,24,30)(H,25,26,27,28). The molecule has 152 valence electrons. The van der Waals surface area contributed by atoms with Crippen molar-refractivity contribution in [3.63, 3.8) is 0 Å². The van der Waals surface area contributed by atoms with Crippen LogP contribution in [0.1, 0.15) is 30.3 Å². The molecule has 0 radical (unpaired) electrons. The van der Waals surface area contributed by atoms with Crippen molar-refractivity contribution in [1.29, 1.82) is 0 Å². The number of nitrogens with zero attached hydrogens (tertiary/aromatic N) is 3. The van der Waals surface area contributed by atoms with Crippen molar-refractivity contribution in [3.05, 3.63) is 52.6 Å². The maximum absolute atomic E-state index is 12.9. The van der Waals surface area contributed by atoms with E-state index >= 15 is 0 Å². The second-order valence-corrected chi connectivity index (χ2v) is 7.56. The Labute approximate surface area is 179 Å². The van der Waals surface area contributed by atoms with E-state index in [2.05, 4.69) is 52.2 Å². The molecule has 0 saturated heterocycles. The van der Waals surface area contributed by atoms with Crippen LogP contribution in [-0.2, 0) is 4.79 Å². The van der Waals surface area contributed by atoms with Gasteiger partial charge in [0.2, 0.25) is 5.91 Å². The van der Waals surface area contributed by atoms with Crippen LogP contribution in [0.3, 0.4) is 0 Å². The fourth-order valence-corrected chi connectivity index (χ4v) is 3.47. The van der Waals surface area contributed by atoms with Crippen molar-refractivity contribution >= 4 is 50.0 Å². The first-order valence-corrected chi connectivity index (χ1v) is 10.1. The smallest absolute Gasteiger partial charge is 0.272 e. The lowest BCUT2D eigenvalue weighted by Crippen LogP contribution is -2.13. The van der Waals surface area contributed by atoms with Gasteiger partial charge in [0, 0.05) is 21.8 Å². The number of fused-ring (bicyclic) bond motifs is 1. The Morgan fingerprint density at radius 2 is 1.97 bits per heavy atom. The van der Waals surface area contributed by atoms with Crippen molar-refractivity contribution in [3.8, 4) is 11.4 Å². The third-order valence-corrected chi connectivity index (χ3v) is 4.98. The van der Waals surface area contributed by atoms with Crippen LogP contribution in [0.25, 0.3) is 22.3 Å². The number of aromatic amines is 2. The van der Waals surface area contributed by atoms with Gasteiger partial charge in [0.1, 0.15) is 5.69 Å². The van der Waals surface area contributed by atoms with Gasteiger partial charge >= 0.3 is 0 Å². The summed E-state index contributed by atoms with van der Waals surface area (Å²) in [5, 5.41) is 20.4. The quantitative estimate of drug-likeness (QED) is 0.339. The van der Waals surface area contributed by atoms with Crippen LogP contribution in [0.5, 0.6) is 0 Å². The first kappa shape index (κ1) is 19.8. The number of anilines is 2. The molecule has 0 spiro atoms. The summed E-state index contributed by atoms with van der Waals surface area (Å²) in [5.41, 5.74) is 2.90. The highest BCUT2D eigenvalue weighted by molar-refractivity contribution is 9.10. The molecule has 2 aromatic carbocycles. The van der Waals surface area contributed by atoms with E-state index in [1.807, 2.05) is 31.2 Å². The van der Waals surface area contributed by atoms with E-state index in [1.165, 1.54) is 0 Å². The van der Waals surface area contributed by atoms with Gasteiger partial charge in [0.05, 0.1) is 16.9 Å². The van der Waals surface area contributed by atoms with Crippen LogP contribution >= 0.6 is 15.9 Å². The van der Waals surface area contributed by atoms with Gasteiger partial charge < -0.3 is 15.6 Å². The Hall–Kier alpha value is -3.53. The van der Waals surface area contributed by atoms with Gasteiger partial charge in [-0.15, -0.1) is 5.10 Å². The average Bonchev–Trinajstić information content (AvgIpc) is 3.40. The largest absolute Gasteiger partial charge is 0.349 e. The van der Waals surface area contributed by atoms with Crippen LogP contribution in [0.2, 0.25) is 0 Å². The molecule has 0 fully saturated rings. The minimum atomic E-state index is -0.326. The van der Waals surface area contributed by atoms with Gasteiger partial charge in [-0.05, 0) is 47.2 Å². The second kappa shape index (κ2) is 8.46. The number of tetrazole rings is 1. The summed E-state index contributed by atoms with van der Waals surface area (Å²) in [6.45, 7) is 1.95. The van der Waals surface area contributed by atoms with Crippen LogP contribution in [0.15, 0.2) is 46.9 Å². The highest BCUT2D eigenvalue weighted by Crippen LogP contribution is 2.29.